The van der Waals surface area contributed by atoms with Gasteiger partial charge < -0.3 is 10.2 Å². The van der Waals surface area contributed by atoms with Crippen LogP contribution in [0.5, 0.6) is 0 Å². The number of thiophene rings is 1. The molecule has 1 aliphatic heterocycles. The number of carbonyl (C=O) groups excluding carboxylic acids is 1. The van der Waals surface area contributed by atoms with E-state index < -0.39 is 0 Å². The first-order chi connectivity index (χ1) is 12.4. The minimum absolute atomic E-state index is 0.0947. The summed E-state index contributed by atoms with van der Waals surface area (Å²) in [5.41, 5.74) is 1.31. The Hall–Kier alpha value is -2.74. The molecular formula is C18H20N6OS. The Labute approximate surface area is 155 Å². The molecule has 8 heteroatoms. The molecule has 0 saturated heterocycles. The number of aromatic nitrogens is 4. The van der Waals surface area contributed by atoms with Gasteiger partial charge in [0, 0.05) is 30.7 Å². The number of hydrogen-bond acceptors (Lipinski definition) is 6. The van der Waals surface area contributed by atoms with Gasteiger partial charge in [-0.3, -0.25) is 9.48 Å². The molecule has 3 aromatic rings. The van der Waals surface area contributed by atoms with Crippen molar-refractivity contribution in [3.8, 4) is 10.6 Å². The van der Waals surface area contributed by atoms with Crippen molar-refractivity contribution in [3.63, 3.8) is 0 Å². The molecule has 134 valence electrons. The normalized spacial score (nSPS) is 15.4. The van der Waals surface area contributed by atoms with Gasteiger partial charge in [0.25, 0.3) is 5.91 Å². The molecule has 0 aromatic carbocycles. The van der Waals surface area contributed by atoms with Crippen molar-refractivity contribution >= 4 is 29.0 Å². The molecule has 4 rings (SSSR count). The number of amides is 1. The highest BCUT2D eigenvalue weighted by Crippen LogP contribution is 2.45. The quantitative estimate of drug-likeness (QED) is 0.764. The van der Waals surface area contributed by atoms with Gasteiger partial charge in [-0.15, -0.1) is 11.3 Å². The van der Waals surface area contributed by atoms with Gasteiger partial charge in [0.05, 0.1) is 27.9 Å². The third-order valence-corrected chi connectivity index (χ3v) is 6.19. The van der Waals surface area contributed by atoms with Crippen LogP contribution < -0.4 is 5.32 Å². The molecule has 0 radical (unpaired) electrons. The lowest BCUT2D eigenvalue weighted by atomic mass is 10.0. The van der Waals surface area contributed by atoms with E-state index in [9.17, 15) is 4.79 Å². The molecule has 0 spiro atoms. The number of nitrogens with zero attached hydrogens (tertiary/aromatic N) is 5. The van der Waals surface area contributed by atoms with Gasteiger partial charge in [-0.1, -0.05) is 0 Å². The maximum atomic E-state index is 12.7. The Kier molecular flexibility index (Phi) is 3.80. The second kappa shape index (κ2) is 5.91. The largest absolute Gasteiger partial charge is 0.329 e. The first kappa shape index (κ1) is 16.7. The van der Waals surface area contributed by atoms with Crippen molar-refractivity contribution in [2.45, 2.75) is 26.3 Å². The number of carbonyl (C=O) groups is 1. The van der Waals surface area contributed by atoms with Crippen molar-refractivity contribution in [1.29, 1.82) is 0 Å². The van der Waals surface area contributed by atoms with Crippen LogP contribution in [0.25, 0.3) is 10.6 Å². The Morgan fingerprint density at radius 3 is 2.73 bits per heavy atom. The lowest BCUT2D eigenvalue weighted by molar-refractivity contribution is 0.0638. The SMILES string of the molecule is CCN1C(=O)c2cc(-c3ccnc(Nc4ccnn4C)n3)sc2C1(C)C. The predicted molar refractivity (Wildman–Crippen MR) is 102 cm³/mol. The van der Waals surface area contributed by atoms with Crippen LogP contribution in [-0.4, -0.2) is 37.1 Å². The molecule has 0 aliphatic carbocycles. The molecule has 1 aliphatic rings. The Bertz CT molecular complexity index is 989. The summed E-state index contributed by atoms with van der Waals surface area (Å²) in [5.74, 6) is 1.41. The van der Waals surface area contributed by atoms with E-state index in [2.05, 4.69) is 34.2 Å². The molecule has 4 heterocycles. The summed E-state index contributed by atoms with van der Waals surface area (Å²) in [6.07, 6.45) is 3.43. The summed E-state index contributed by atoms with van der Waals surface area (Å²) in [7, 11) is 1.85. The minimum Gasteiger partial charge on any atom is -0.329 e. The lowest BCUT2D eigenvalue weighted by Crippen LogP contribution is -2.38. The maximum absolute atomic E-state index is 12.7. The molecule has 0 saturated carbocycles. The topological polar surface area (TPSA) is 75.9 Å². The van der Waals surface area contributed by atoms with Crippen LogP contribution in [-0.2, 0) is 12.6 Å². The van der Waals surface area contributed by atoms with Crippen LogP contribution in [0.15, 0.2) is 30.6 Å². The number of nitrogens with one attached hydrogen (secondary N) is 1. The van der Waals surface area contributed by atoms with E-state index in [1.165, 1.54) is 0 Å². The van der Waals surface area contributed by atoms with Crippen molar-refractivity contribution in [2.24, 2.45) is 7.05 Å². The molecule has 26 heavy (non-hydrogen) atoms. The number of fused-ring (bicyclic) bond motifs is 1. The number of rotatable bonds is 4. The van der Waals surface area contributed by atoms with Gasteiger partial charge in [0.2, 0.25) is 5.95 Å². The summed E-state index contributed by atoms with van der Waals surface area (Å²) in [6, 6.07) is 5.68. The van der Waals surface area contributed by atoms with Crippen LogP contribution >= 0.6 is 11.3 Å². The molecule has 0 bridgehead atoms. The first-order valence-electron chi connectivity index (χ1n) is 8.46. The van der Waals surface area contributed by atoms with Gasteiger partial charge in [0.1, 0.15) is 5.82 Å². The zero-order chi connectivity index (χ0) is 18.5. The van der Waals surface area contributed by atoms with Crippen LogP contribution in [0.3, 0.4) is 0 Å². The smallest absolute Gasteiger partial charge is 0.255 e. The van der Waals surface area contributed by atoms with Gasteiger partial charge in [-0.25, -0.2) is 9.97 Å². The molecule has 0 unspecified atom stereocenters. The summed E-state index contributed by atoms with van der Waals surface area (Å²) in [5, 5.41) is 7.29. The highest BCUT2D eigenvalue weighted by molar-refractivity contribution is 7.16. The fourth-order valence-corrected chi connectivity index (χ4v) is 4.59. The van der Waals surface area contributed by atoms with E-state index in [0.29, 0.717) is 12.5 Å². The minimum atomic E-state index is -0.285. The first-order valence-corrected chi connectivity index (χ1v) is 9.28. The van der Waals surface area contributed by atoms with E-state index in [-0.39, 0.29) is 11.4 Å². The molecule has 3 aromatic heterocycles. The summed E-state index contributed by atoms with van der Waals surface area (Å²) >= 11 is 1.63. The van der Waals surface area contributed by atoms with Crippen LogP contribution in [0, 0.1) is 0 Å². The highest BCUT2D eigenvalue weighted by Gasteiger charge is 2.44. The second-order valence-corrected chi connectivity index (χ2v) is 7.74. The Balaban J connectivity index is 1.68. The Morgan fingerprint density at radius 1 is 1.27 bits per heavy atom. The lowest BCUT2D eigenvalue weighted by Gasteiger charge is -2.31. The predicted octanol–water partition coefficient (Wildman–Crippen LogP) is 3.39. The van der Waals surface area contributed by atoms with Crippen molar-refractivity contribution in [2.75, 3.05) is 11.9 Å². The van der Waals surface area contributed by atoms with Gasteiger partial charge in [-0.2, -0.15) is 5.10 Å². The molecule has 7 nitrogen and oxygen atoms in total. The third kappa shape index (κ3) is 2.48. The number of aryl methyl sites for hydroxylation is 1. The molecular weight excluding hydrogens is 348 g/mol. The van der Waals surface area contributed by atoms with E-state index >= 15 is 0 Å². The van der Waals surface area contributed by atoms with E-state index in [0.717, 1.165) is 26.8 Å². The van der Waals surface area contributed by atoms with E-state index in [1.54, 1.807) is 28.4 Å². The van der Waals surface area contributed by atoms with Crippen LogP contribution in [0.4, 0.5) is 11.8 Å². The van der Waals surface area contributed by atoms with Crippen LogP contribution in [0.1, 0.15) is 36.0 Å². The zero-order valence-electron chi connectivity index (χ0n) is 15.1. The van der Waals surface area contributed by atoms with Crippen molar-refractivity contribution < 1.29 is 4.79 Å². The fraction of sp³-hybridized carbons (Fsp3) is 0.333. The molecule has 0 fully saturated rings. The zero-order valence-corrected chi connectivity index (χ0v) is 16.0. The second-order valence-electron chi connectivity index (χ2n) is 6.69. The van der Waals surface area contributed by atoms with Gasteiger partial charge in [-0.05, 0) is 32.9 Å². The highest BCUT2D eigenvalue weighted by atomic mass is 32.1. The van der Waals surface area contributed by atoms with E-state index in [4.69, 9.17) is 0 Å². The monoisotopic (exact) mass is 368 g/mol. The summed E-state index contributed by atoms with van der Waals surface area (Å²) in [6.45, 7) is 6.90. The maximum Gasteiger partial charge on any atom is 0.255 e. The van der Waals surface area contributed by atoms with Gasteiger partial charge in [0.15, 0.2) is 0 Å². The number of hydrogen-bond donors (Lipinski definition) is 1. The number of anilines is 2. The summed E-state index contributed by atoms with van der Waals surface area (Å²) in [4.78, 5) is 25.5. The summed E-state index contributed by atoms with van der Waals surface area (Å²) < 4.78 is 1.72. The average molecular weight is 368 g/mol. The molecule has 1 N–H and O–H groups in total. The van der Waals surface area contributed by atoms with Crippen molar-refractivity contribution in [3.05, 3.63) is 41.0 Å². The standard InChI is InChI=1S/C18H20N6OS/c1-5-24-16(25)11-10-13(26-15(11)18(24,2)3)12-6-8-19-17(21-12)22-14-7-9-20-23(14)4/h6-10H,5H2,1-4H3,(H,19,21,22). The van der Waals surface area contributed by atoms with Crippen LogP contribution in [0.2, 0.25) is 0 Å². The van der Waals surface area contributed by atoms with Crippen molar-refractivity contribution in [1.82, 2.24) is 24.6 Å². The van der Waals surface area contributed by atoms with E-state index in [1.807, 2.05) is 37.1 Å². The van der Waals surface area contributed by atoms with Gasteiger partial charge >= 0.3 is 0 Å². The fourth-order valence-electron chi connectivity index (χ4n) is 3.36. The Morgan fingerprint density at radius 2 is 2.08 bits per heavy atom. The molecule has 1 amide bonds. The molecule has 0 atom stereocenters. The average Bonchev–Trinajstić information content (AvgIpc) is 3.26. The third-order valence-electron chi connectivity index (χ3n) is 4.72.